The summed E-state index contributed by atoms with van der Waals surface area (Å²) in [6, 6.07) is 4.44. The van der Waals surface area contributed by atoms with E-state index in [0.717, 1.165) is 0 Å². The van der Waals surface area contributed by atoms with Gasteiger partial charge in [-0.25, -0.2) is 4.79 Å². The van der Waals surface area contributed by atoms with Crippen LogP contribution in [-0.2, 0) is 4.79 Å². The molecule has 1 unspecified atom stereocenters. The standard InChI is InChI=1S/C12H15BrN2O3/c1-2-8(14)6-11(16)15-10-4-3-7(13)5-9(10)12(17)18/h3-5,8H,2,6,14H2,1H3,(H,15,16)(H,17,18). The van der Waals surface area contributed by atoms with E-state index >= 15 is 0 Å². The summed E-state index contributed by atoms with van der Waals surface area (Å²) in [6.07, 6.45) is 0.866. The molecule has 18 heavy (non-hydrogen) atoms. The van der Waals surface area contributed by atoms with Gasteiger partial charge in [0.05, 0.1) is 11.3 Å². The van der Waals surface area contributed by atoms with Crippen molar-refractivity contribution >= 4 is 33.5 Å². The highest BCUT2D eigenvalue weighted by atomic mass is 79.9. The zero-order valence-electron chi connectivity index (χ0n) is 9.94. The van der Waals surface area contributed by atoms with Crippen molar-refractivity contribution in [1.82, 2.24) is 0 Å². The van der Waals surface area contributed by atoms with Gasteiger partial charge < -0.3 is 16.2 Å². The lowest BCUT2D eigenvalue weighted by molar-refractivity contribution is -0.116. The largest absolute Gasteiger partial charge is 0.478 e. The van der Waals surface area contributed by atoms with Crippen molar-refractivity contribution in [1.29, 1.82) is 0 Å². The molecule has 1 atom stereocenters. The van der Waals surface area contributed by atoms with Crippen LogP contribution in [0.4, 0.5) is 5.69 Å². The number of nitrogens with two attached hydrogens (primary N) is 1. The molecular weight excluding hydrogens is 300 g/mol. The molecule has 0 fully saturated rings. The SMILES string of the molecule is CCC(N)CC(=O)Nc1ccc(Br)cc1C(=O)O. The van der Waals surface area contributed by atoms with Crippen molar-refractivity contribution in [2.75, 3.05) is 5.32 Å². The maximum atomic E-state index is 11.6. The number of carboxylic acids is 1. The van der Waals surface area contributed by atoms with Crippen LogP contribution in [0.2, 0.25) is 0 Å². The number of benzene rings is 1. The Morgan fingerprint density at radius 2 is 2.17 bits per heavy atom. The summed E-state index contributed by atoms with van der Waals surface area (Å²) in [4.78, 5) is 22.7. The quantitative estimate of drug-likeness (QED) is 0.777. The van der Waals surface area contributed by atoms with Crippen molar-refractivity contribution in [2.24, 2.45) is 5.73 Å². The maximum Gasteiger partial charge on any atom is 0.337 e. The van der Waals surface area contributed by atoms with E-state index in [0.29, 0.717) is 10.9 Å². The number of nitrogens with one attached hydrogen (secondary N) is 1. The van der Waals surface area contributed by atoms with E-state index in [1.165, 1.54) is 6.07 Å². The van der Waals surface area contributed by atoms with Gasteiger partial charge in [0.15, 0.2) is 0 Å². The number of hydrogen-bond donors (Lipinski definition) is 3. The summed E-state index contributed by atoms with van der Waals surface area (Å²) in [6.45, 7) is 1.89. The minimum Gasteiger partial charge on any atom is -0.478 e. The highest BCUT2D eigenvalue weighted by Crippen LogP contribution is 2.21. The summed E-state index contributed by atoms with van der Waals surface area (Å²) in [5.41, 5.74) is 5.99. The number of carbonyl (C=O) groups excluding carboxylic acids is 1. The number of carbonyl (C=O) groups is 2. The average molecular weight is 315 g/mol. The lowest BCUT2D eigenvalue weighted by Gasteiger charge is -2.11. The lowest BCUT2D eigenvalue weighted by atomic mass is 10.1. The topological polar surface area (TPSA) is 92.4 Å². The first-order chi connectivity index (χ1) is 8.43. The minimum absolute atomic E-state index is 0.0443. The molecule has 98 valence electrons. The van der Waals surface area contributed by atoms with E-state index in [-0.39, 0.29) is 29.6 Å². The third-order valence-electron chi connectivity index (χ3n) is 2.46. The van der Waals surface area contributed by atoms with Gasteiger partial charge in [0.25, 0.3) is 0 Å². The Balaban J connectivity index is 2.84. The number of aromatic carboxylic acids is 1. The van der Waals surface area contributed by atoms with Crippen molar-refractivity contribution in [3.8, 4) is 0 Å². The van der Waals surface area contributed by atoms with Crippen LogP contribution in [0.5, 0.6) is 0 Å². The smallest absolute Gasteiger partial charge is 0.337 e. The first-order valence-corrected chi connectivity index (χ1v) is 6.31. The van der Waals surface area contributed by atoms with Crippen LogP contribution in [0.1, 0.15) is 30.1 Å². The van der Waals surface area contributed by atoms with Crippen LogP contribution in [0.3, 0.4) is 0 Å². The predicted octanol–water partition coefficient (Wildman–Crippen LogP) is 2.21. The average Bonchev–Trinajstić information content (AvgIpc) is 2.30. The van der Waals surface area contributed by atoms with Gasteiger partial charge in [0.1, 0.15) is 0 Å². The van der Waals surface area contributed by atoms with Gasteiger partial charge in [-0.3, -0.25) is 4.79 Å². The van der Waals surface area contributed by atoms with Gasteiger partial charge >= 0.3 is 5.97 Å². The van der Waals surface area contributed by atoms with E-state index in [1.54, 1.807) is 12.1 Å². The van der Waals surface area contributed by atoms with E-state index in [1.807, 2.05) is 6.92 Å². The molecule has 1 aromatic rings. The first kappa shape index (κ1) is 14.7. The molecule has 0 radical (unpaired) electrons. The summed E-state index contributed by atoms with van der Waals surface area (Å²) in [7, 11) is 0. The van der Waals surface area contributed by atoms with Crippen molar-refractivity contribution in [3.63, 3.8) is 0 Å². The second kappa shape index (κ2) is 6.51. The molecule has 1 aromatic carbocycles. The number of amides is 1. The van der Waals surface area contributed by atoms with Crippen LogP contribution >= 0.6 is 15.9 Å². The van der Waals surface area contributed by atoms with Crippen molar-refractivity contribution in [2.45, 2.75) is 25.8 Å². The molecule has 0 saturated carbocycles. The van der Waals surface area contributed by atoms with Gasteiger partial charge in [-0.1, -0.05) is 22.9 Å². The van der Waals surface area contributed by atoms with E-state index < -0.39 is 5.97 Å². The van der Waals surface area contributed by atoms with Gasteiger partial charge in [-0.2, -0.15) is 0 Å². The summed E-state index contributed by atoms with van der Waals surface area (Å²) in [5, 5.41) is 11.6. The van der Waals surface area contributed by atoms with E-state index in [2.05, 4.69) is 21.2 Å². The summed E-state index contributed by atoms with van der Waals surface area (Å²) < 4.78 is 0.642. The third-order valence-corrected chi connectivity index (χ3v) is 2.95. The number of rotatable bonds is 5. The predicted molar refractivity (Wildman–Crippen MR) is 72.6 cm³/mol. The highest BCUT2D eigenvalue weighted by molar-refractivity contribution is 9.10. The monoisotopic (exact) mass is 314 g/mol. The third kappa shape index (κ3) is 4.12. The Kier molecular flexibility index (Phi) is 5.30. The maximum absolute atomic E-state index is 11.6. The van der Waals surface area contributed by atoms with Gasteiger partial charge in [0.2, 0.25) is 5.91 Å². The minimum atomic E-state index is -1.09. The normalized spacial score (nSPS) is 11.9. The lowest BCUT2D eigenvalue weighted by Crippen LogP contribution is -2.26. The summed E-state index contributed by atoms with van der Waals surface area (Å²) >= 11 is 3.19. The summed E-state index contributed by atoms with van der Waals surface area (Å²) in [5.74, 6) is -1.37. The second-order valence-electron chi connectivity index (χ2n) is 3.92. The van der Waals surface area contributed by atoms with Gasteiger partial charge in [0, 0.05) is 16.9 Å². The van der Waals surface area contributed by atoms with Crippen molar-refractivity contribution < 1.29 is 14.7 Å². The molecule has 0 aromatic heterocycles. The molecule has 0 bridgehead atoms. The molecule has 1 amide bonds. The molecule has 4 N–H and O–H groups in total. The Morgan fingerprint density at radius 1 is 1.50 bits per heavy atom. The number of halogens is 1. The van der Waals surface area contributed by atoms with Crippen LogP contribution < -0.4 is 11.1 Å². The Bertz CT molecular complexity index is 463. The van der Waals surface area contributed by atoms with E-state index in [9.17, 15) is 9.59 Å². The van der Waals surface area contributed by atoms with Crippen LogP contribution in [-0.4, -0.2) is 23.0 Å². The molecule has 0 heterocycles. The van der Waals surface area contributed by atoms with Gasteiger partial charge in [-0.15, -0.1) is 0 Å². The zero-order chi connectivity index (χ0) is 13.7. The zero-order valence-corrected chi connectivity index (χ0v) is 11.5. The number of anilines is 1. The van der Waals surface area contributed by atoms with E-state index in [4.69, 9.17) is 10.8 Å². The molecule has 5 nitrogen and oxygen atoms in total. The fraction of sp³-hybridized carbons (Fsp3) is 0.333. The fourth-order valence-corrected chi connectivity index (χ4v) is 1.75. The molecule has 0 saturated heterocycles. The molecule has 0 aliphatic carbocycles. The first-order valence-electron chi connectivity index (χ1n) is 5.52. The van der Waals surface area contributed by atoms with Crippen LogP contribution in [0.15, 0.2) is 22.7 Å². The van der Waals surface area contributed by atoms with Crippen LogP contribution in [0.25, 0.3) is 0 Å². The Morgan fingerprint density at radius 3 is 2.72 bits per heavy atom. The fourth-order valence-electron chi connectivity index (χ4n) is 1.39. The van der Waals surface area contributed by atoms with Crippen LogP contribution in [0, 0.1) is 0 Å². The molecular formula is C12H15BrN2O3. The van der Waals surface area contributed by atoms with Crippen molar-refractivity contribution in [3.05, 3.63) is 28.2 Å². The Labute approximate surface area is 113 Å². The molecule has 6 heteroatoms. The molecule has 0 spiro atoms. The number of carboxylic acid groups (broad SMARTS) is 1. The molecule has 0 aliphatic heterocycles. The highest BCUT2D eigenvalue weighted by Gasteiger charge is 2.14. The molecule has 0 aliphatic rings. The number of hydrogen-bond acceptors (Lipinski definition) is 3. The van der Waals surface area contributed by atoms with Gasteiger partial charge in [-0.05, 0) is 24.6 Å². The molecule has 1 rings (SSSR count). The second-order valence-corrected chi connectivity index (χ2v) is 4.83. The Hall–Kier alpha value is -1.40.